The standard InChI is InChI=1S/C14H19NO5S/c1-14(7-8-21(17,18)10-14)15-13(16)9-20-12-6-4-3-5-11(12)19-2/h3-6H,7-10H2,1-2H3,(H,15,16). The molecule has 0 aromatic heterocycles. The van der Waals surface area contributed by atoms with Crippen molar-refractivity contribution < 1.29 is 22.7 Å². The summed E-state index contributed by atoms with van der Waals surface area (Å²) in [5, 5.41) is 2.73. The molecule has 6 nitrogen and oxygen atoms in total. The van der Waals surface area contributed by atoms with Gasteiger partial charge in [0.15, 0.2) is 27.9 Å². The van der Waals surface area contributed by atoms with Gasteiger partial charge in [-0.15, -0.1) is 0 Å². The zero-order valence-electron chi connectivity index (χ0n) is 12.1. The molecule has 116 valence electrons. The van der Waals surface area contributed by atoms with E-state index >= 15 is 0 Å². The Labute approximate surface area is 124 Å². The number of carbonyl (C=O) groups excluding carboxylic acids is 1. The number of methoxy groups -OCH3 is 1. The van der Waals surface area contributed by atoms with Gasteiger partial charge in [-0.2, -0.15) is 0 Å². The van der Waals surface area contributed by atoms with Crippen LogP contribution in [0.2, 0.25) is 0 Å². The fourth-order valence-electron chi connectivity index (χ4n) is 2.36. The molecule has 7 heteroatoms. The van der Waals surface area contributed by atoms with Crippen molar-refractivity contribution in [2.75, 3.05) is 25.2 Å². The van der Waals surface area contributed by atoms with E-state index in [1.807, 2.05) is 0 Å². The molecular weight excluding hydrogens is 294 g/mol. The van der Waals surface area contributed by atoms with Crippen LogP contribution in [0.5, 0.6) is 11.5 Å². The predicted octanol–water partition coefficient (Wildman–Crippen LogP) is 0.767. The first-order valence-electron chi connectivity index (χ1n) is 6.61. The topological polar surface area (TPSA) is 81.7 Å². The van der Waals surface area contributed by atoms with Crippen LogP contribution < -0.4 is 14.8 Å². The van der Waals surface area contributed by atoms with Crippen LogP contribution in [0, 0.1) is 0 Å². The molecule has 1 saturated heterocycles. The highest BCUT2D eigenvalue weighted by Gasteiger charge is 2.39. The average molecular weight is 313 g/mol. The summed E-state index contributed by atoms with van der Waals surface area (Å²) in [6.45, 7) is 1.55. The minimum atomic E-state index is -3.05. The highest BCUT2D eigenvalue weighted by atomic mass is 32.2. The normalized spacial score (nSPS) is 23.5. The van der Waals surface area contributed by atoms with E-state index in [4.69, 9.17) is 9.47 Å². The molecule has 0 aliphatic carbocycles. The van der Waals surface area contributed by atoms with Gasteiger partial charge in [-0.3, -0.25) is 4.79 Å². The molecule has 1 N–H and O–H groups in total. The molecular formula is C14H19NO5S. The van der Waals surface area contributed by atoms with Crippen molar-refractivity contribution in [3.05, 3.63) is 24.3 Å². The van der Waals surface area contributed by atoms with Gasteiger partial charge in [-0.05, 0) is 25.5 Å². The van der Waals surface area contributed by atoms with Gasteiger partial charge in [0.05, 0.1) is 24.2 Å². The number of para-hydroxylation sites is 2. The first-order valence-corrected chi connectivity index (χ1v) is 8.43. The van der Waals surface area contributed by atoms with Gasteiger partial charge < -0.3 is 14.8 Å². The second kappa shape index (κ2) is 5.93. The molecule has 1 aromatic rings. The van der Waals surface area contributed by atoms with E-state index in [9.17, 15) is 13.2 Å². The van der Waals surface area contributed by atoms with Gasteiger partial charge in [0, 0.05) is 0 Å². The molecule has 1 aliphatic rings. The van der Waals surface area contributed by atoms with Crippen molar-refractivity contribution >= 4 is 15.7 Å². The minimum Gasteiger partial charge on any atom is -0.493 e. The van der Waals surface area contributed by atoms with Gasteiger partial charge in [-0.25, -0.2) is 8.42 Å². The van der Waals surface area contributed by atoms with Gasteiger partial charge in [-0.1, -0.05) is 12.1 Å². The third-order valence-electron chi connectivity index (χ3n) is 3.37. The van der Waals surface area contributed by atoms with Crippen molar-refractivity contribution in [3.8, 4) is 11.5 Å². The highest BCUT2D eigenvalue weighted by Crippen LogP contribution is 2.26. The predicted molar refractivity (Wildman–Crippen MR) is 78.3 cm³/mol. The Bertz CT molecular complexity index is 628. The number of nitrogens with one attached hydrogen (secondary N) is 1. The Kier molecular flexibility index (Phi) is 4.41. The molecule has 21 heavy (non-hydrogen) atoms. The van der Waals surface area contributed by atoms with Crippen molar-refractivity contribution in [1.29, 1.82) is 0 Å². The van der Waals surface area contributed by atoms with Gasteiger partial charge in [0.25, 0.3) is 5.91 Å². The Morgan fingerprint density at radius 3 is 2.57 bits per heavy atom. The van der Waals surface area contributed by atoms with Crippen LogP contribution in [0.3, 0.4) is 0 Å². The fraction of sp³-hybridized carbons (Fsp3) is 0.500. The first kappa shape index (κ1) is 15.6. The number of hydrogen-bond acceptors (Lipinski definition) is 5. The number of sulfone groups is 1. The van der Waals surface area contributed by atoms with E-state index in [0.29, 0.717) is 17.9 Å². The highest BCUT2D eigenvalue weighted by molar-refractivity contribution is 7.91. The maximum atomic E-state index is 11.9. The lowest BCUT2D eigenvalue weighted by atomic mass is 10.0. The number of hydrogen-bond donors (Lipinski definition) is 1. The molecule has 0 radical (unpaired) electrons. The fourth-order valence-corrected chi connectivity index (χ4v) is 4.46. The summed E-state index contributed by atoms with van der Waals surface area (Å²) in [5.41, 5.74) is -0.708. The zero-order valence-corrected chi connectivity index (χ0v) is 12.9. The summed E-state index contributed by atoms with van der Waals surface area (Å²) in [5.74, 6) is 0.747. The monoisotopic (exact) mass is 313 g/mol. The van der Waals surface area contributed by atoms with E-state index in [1.54, 1.807) is 31.2 Å². The van der Waals surface area contributed by atoms with E-state index in [0.717, 1.165) is 0 Å². The lowest BCUT2D eigenvalue weighted by Gasteiger charge is -2.23. The van der Waals surface area contributed by atoms with Crippen LogP contribution in [0.1, 0.15) is 13.3 Å². The van der Waals surface area contributed by atoms with Crippen LogP contribution in [-0.2, 0) is 14.6 Å². The van der Waals surface area contributed by atoms with Crippen molar-refractivity contribution in [2.24, 2.45) is 0 Å². The smallest absolute Gasteiger partial charge is 0.258 e. The zero-order chi connectivity index (χ0) is 15.5. The lowest BCUT2D eigenvalue weighted by Crippen LogP contribution is -2.48. The number of carbonyl (C=O) groups is 1. The molecule has 1 unspecified atom stereocenters. The van der Waals surface area contributed by atoms with Crippen LogP contribution in [0.15, 0.2) is 24.3 Å². The molecule has 0 bridgehead atoms. The molecule has 2 rings (SSSR count). The van der Waals surface area contributed by atoms with Crippen LogP contribution in [-0.4, -0.2) is 45.1 Å². The first-order chi connectivity index (χ1) is 9.84. The maximum absolute atomic E-state index is 11.9. The third kappa shape index (κ3) is 4.10. The summed E-state index contributed by atoms with van der Waals surface area (Å²) in [6.07, 6.45) is 0.426. The number of rotatable bonds is 5. The minimum absolute atomic E-state index is 0.0274. The van der Waals surface area contributed by atoms with Gasteiger partial charge >= 0.3 is 0 Å². The van der Waals surface area contributed by atoms with E-state index < -0.39 is 15.4 Å². The van der Waals surface area contributed by atoms with Crippen molar-refractivity contribution in [2.45, 2.75) is 18.9 Å². The molecule has 1 atom stereocenters. The molecule has 1 amide bonds. The Balaban J connectivity index is 1.91. The number of benzene rings is 1. The summed E-state index contributed by atoms with van der Waals surface area (Å²) < 4.78 is 33.5. The summed E-state index contributed by atoms with van der Waals surface area (Å²) in [6, 6.07) is 7.02. The lowest BCUT2D eigenvalue weighted by molar-refractivity contribution is -0.124. The molecule has 0 spiro atoms. The molecule has 1 aliphatic heterocycles. The van der Waals surface area contributed by atoms with E-state index in [-0.39, 0.29) is 24.0 Å². The van der Waals surface area contributed by atoms with Crippen LogP contribution in [0.4, 0.5) is 0 Å². The average Bonchev–Trinajstić information content (AvgIpc) is 2.70. The molecule has 1 fully saturated rings. The second-order valence-corrected chi connectivity index (χ2v) is 7.57. The Morgan fingerprint density at radius 1 is 1.33 bits per heavy atom. The second-order valence-electron chi connectivity index (χ2n) is 5.39. The SMILES string of the molecule is COc1ccccc1OCC(=O)NC1(C)CCS(=O)(=O)C1. The molecule has 1 aromatic carbocycles. The van der Waals surface area contributed by atoms with Crippen LogP contribution in [0.25, 0.3) is 0 Å². The van der Waals surface area contributed by atoms with E-state index in [2.05, 4.69) is 5.32 Å². The third-order valence-corrected chi connectivity index (χ3v) is 5.28. The van der Waals surface area contributed by atoms with E-state index in [1.165, 1.54) is 7.11 Å². The quantitative estimate of drug-likeness (QED) is 0.868. The molecule has 0 saturated carbocycles. The summed E-state index contributed by atoms with van der Waals surface area (Å²) in [4.78, 5) is 11.9. The van der Waals surface area contributed by atoms with Gasteiger partial charge in [0.1, 0.15) is 0 Å². The van der Waals surface area contributed by atoms with Crippen molar-refractivity contribution in [3.63, 3.8) is 0 Å². The number of amides is 1. The summed E-state index contributed by atoms with van der Waals surface area (Å²) in [7, 11) is -1.53. The largest absolute Gasteiger partial charge is 0.493 e. The molecule has 1 heterocycles. The van der Waals surface area contributed by atoms with Crippen LogP contribution >= 0.6 is 0 Å². The number of ether oxygens (including phenoxy) is 2. The maximum Gasteiger partial charge on any atom is 0.258 e. The Hall–Kier alpha value is -1.76. The summed E-state index contributed by atoms with van der Waals surface area (Å²) >= 11 is 0. The van der Waals surface area contributed by atoms with Gasteiger partial charge in [0.2, 0.25) is 0 Å². The Morgan fingerprint density at radius 2 is 2.00 bits per heavy atom. The van der Waals surface area contributed by atoms with Crippen molar-refractivity contribution in [1.82, 2.24) is 5.32 Å².